The van der Waals surface area contributed by atoms with E-state index in [4.69, 9.17) is 0 Å². The van der Waals surface area contributed by atoms with Crippen LogP contribution < -0.4 is 0 Å². The lowest BCUT2D eigenvalue weighted by atomic mass is 9.96. The fourth-order valence-corrected chi connectivity index (χ4v) is 2.63. The summed E-state index contributed by atoms with van der Waals surface area (Å²) in [4.78, 5) is 13.5. The van der Waals surface area contributed by atoms with E-state index in [-0.39, 0.29) is 5.91 Å². The molecule has 120 valence electrons. The molecule has 0 bridgehead atoms. The number of carbonyl (C=O) groups excluding carboxylic acids is 1. The zero-order chi connectivity index (χ0) is 17.0. The molecular weight excluding hydrogens is 282 g/mol. The second kappa shape index (κ2) is 7.28. The van der Waals surface area contributed by atoms with Gasteiger partial charge < -0.3 is 4.90 Å². The number of amides is 1. The smallest absolute Gasteiger partial charge is 0.253 e. The van der Waals surface area contributed by atoms with E-state index >= 15 is 0 Å². The molecule has 0 aliphatic heterocycles. The third kappa shape index (κ3) is 4.56. The Morgan fingerprint density at radius 2 is 1.57 bits per heavy atom. The molecule has 2 aromatic carbocycles. The molecule has 0 radical (unpaired) electrons. The van der Waals surface area contributed by atoms with Crippen LogP contribution in [0.4, 0.5) is 0 Å². The minimum atomic E-state index is 0.0316. The van der Waals surface area contributed by atoms with Crippen molar-refractivity contribution in [2.45, 2.75) is 26.7 Å². The minimum Gasteiger partial charge on any atom is -0.345 e. The predicted molar refractivity (Wildman–Crippen MR) is 97.8 cm³/mol. The summed E-state index contributed by atoms with van der Waals surface area (Å²) in [5, 5.41) is 0. The van der Waals surface area contributed by atoms with Crippen LogP contribution in [-0.4, -0.2) is 24.9 Å². The maximum atomic E-state index is 11.9. The highest BCUT2D eigenvalue weighted by Gasteiger charge is 2.07. The van der Waals surface area contributed by atoms with Gasteiger partial charge in [0.15, 0.2) is 0 Å². The van der Waals surface area contributed by atoms with Crippen molar-refractivity contribution in [3.05, 3.63) is 76.4 Å². The van der Waals surface area contributed by atoms with E-state index in [1.807, 2.05) is 24.3 Å². The van der Waals surface area contributed by atoms with Crippen molar-refractivity contribution in [2.75, 3.05) is 14.1 Å². The van der Waals surface area contributed by atoms with Crippen LogP contribution in [0.2, 0.25) is 0 Å². The molecule has 1 amide bonds. The van der Waals surface area contributed by atoms with Gasteiger partial charge in [0.2, 0.25) is 0 Å². The van der Waals surface area contributed by atoms with Gasteiger partial charge in [-0.3, -0.25) is 4.79 Å². The van der Waals surface area contributed by atoms with Gasteiger partial charge in [-0.05, 0) is 43.0 Å². The van der Waals surface area contributed by atoms with E-state index in [0.717, 1.165) is 11.1 Å². The Kier molecular flexibility index (Phi) is 5.38. The molecule has 0 saturated carbocycles. The number of benzene rings is 2. The van der Waals surface area contributed by atoms with E-state index in [9.17, 15) is 4.79 Å². The lowest BCUT2D eigenvalue weighted by molar-refractivity contribution is 0.0827. The summed E-state index contributed by atoms with van der Waals surface area (Å²) in [5.41, 5.74) is 5.75. The van der Waals surface area contributed by atoms with Crippen LogP contribution in [-0.2, 0) is 0 Å². The summed E-state index contributed by atoms with van der Waals surface area (Å²) >= 11 is 0. The molecule has 1 atom stereocenters. The molecule has 0 aliphatic carbocycles. The number of carbonyl (C=O) groups is 1. The lowest BCUT2D eigenvalue weighted by Crippen LogP contribution is -2.21. The average Bonchev–Trinajstić information content (AvgIpc) is 2.51. The van der Waals surface area contributed by atoms with Gasteiger partial charge in [0.05, 0.1) is 0 Å². The van der Waals surface area contributed by atoms with Gasteiger partial charge in [-0.25, -0.2) is 0 Å². The van der Waals surface area contributed by atoms with Crippen molar-refractivity contribution < 1.29 is 4.79 Å². The first-order valence-electron chi connectivity index (χ1n) is 7.95. The molecule has 2 rings (SSSR count). The second-order valence-corrected chi connectivity index (χ2v) is 6.39. The minimum absolute atomic E-state index is 0.0316. The Labute approximate surface area is 139 Å². The summed E-state index contributed by atoms with van der Waals surface area (Å²) < 4.78 is 0. The first-order valence-corrected chi connectivity index (χ1v) is 7.95. The Morgan fingerprint density at radius 3 is 2.09 bits per heavy atom. The zero-order valence-corrected chi connectivity index (χ0v) is 14.6. The monoisotopic (exact) mass is 307 g/mol. The van der Waals surface area contributed by atoms with Gasteiger partial charge in [0.25, 0.3) is 5.91 Å². The standard InChI is InChI=1S/C21H25NO/c1-15-12-16(2)14-20(13-15)17(3)6-7-18-8-10-19(11-9-18)21(23)22(4)5/h6-14,17H,1-5H3/b7-6+. The predicted octanol–water partition coefficient (Wildman–Crippen LogP) is 4.82. The molecule has 2 nitrogen and oxygen atoms in total. The number of allylic oxidation sites excluding steroid dienone is 1. The number of aryl methyl sites for hydroxylation is 2. The van der Waals surface area contributed by atoms with Gasteiger partial charge in [0, 0.05) is 19.7 Å². The van der Waals surface area contributed by atoms with Crippen molar-refractivity contribution in [3.8, 4) is 0 Å². The highest BCUT2D eigenvalue weighted by atomic mass is 16.2. The molecule has 0 fully saturated rings. The topological polar surface area (TPSA) is 20.3 Å². The summed E-state index contributed by atoms with van der Waals surface area (Å²) in [6, 6.07) is 14.4. The quantitative estimate of drug-likeness (QED) is 0.793. The summed E-state index contributed by atoms with van der Waals surface area (Å²) in [5.74, 6) is 0.390. The van der Waals surface area contributed by atoms with Crippen LogP contribution in [0.5, 0.6) is 0 Å². The molecule has 0 saturated heterocycles. The number of rotatable bonds is 4. The molecule has 0 aromatic heterocycles. The first kappa shape index (κ1) is 17.0. The van der Waals surface area contributed by atoms with E-state index in [2.05, 4.69) is 51.1 Å². The van der Waals surface area contributed by atoms with E-state index < -0.39 is 0 Å². The highest BCUT2D eigenvalue weighted by molar-refractivity contribution is 5.94. The molecule has 0 heterocycles. The third-order valence-electron chi connectivity index (χ3n) is 3.91. The third-order valence-corrected chi connectivity index (χ3v) is 3.91. The fourth-order valence-electron chi connectivity index (χ4n) is 2.63. The van der Waals surface area contributed by atoms with Crippen LogP contribution in [0.1, 0.15) is 45.5 Å². The molecule has 0 spiro atoms. The Hall–Kier alpha value is -2.35. The lowest BCUT2D eigenvalue weighted by Gasteiger charge is -2.11. The number of nitrogens with zero attached hydrogens (tertiary/aromatic N) is 1. The van der Waals surface area contributed by atoms with Crippen molar-refractivity contribution in [2.24, 2.45) is 0 Å². The van der Waals surface area contributed by atoms with Crippen molar-refractivity contribution >= 4 is 12.0 Å². The molecule has 1 unspecified atom stereocenters. The highest BCUT2D eigenvalue weighted by Crippen LogP contribution is 2.21. The molecule has 0 aliphatic rings. The van der Waals surface area contributed by atoms with Crippen LogP contribution in [0.3, 0.4) is 0 Å². The van der Waals surface area contributed by atoms with Crippen LogP contribution >= 0.6 is 0 Å². The van der Waals surface area contributed by atoms with Gasteiger partial charge in [-0.2, -0.15) is 0 Å². The normalized spacial score (nSPS) is 12.4. The Morgan fingerprint density at radius 1 is 1.00 bits per heavy atom. The maximum absolute atomic E-state index is 11.9. The van der Waals surface area contributed by atoms with Gasteiger partial charge in [0.1, 0.15) is 0 Å². The number of hydrogen-bond acceptors (Lipinski definition) is 1. The van der Waals surface area contributed by atoms with Crippen molar-refractivity contribution in [1.29, 1.82) is 0 Å². The molecule has 23 heavy (non-hydrogen) atoms. The summed E-state index contributed by atoms with van der Waals surface area (Å²) in [6.07, 6.45) is 4.32. The summed E-state index contributed by atoms with van der Waals surface area (Å²) in [6.45, 7) is 6.47. The molecule has 2 aromatic rings. The average molecular weight is 307 g/mol. The van der Waals surface area contributed by atoms with Crippen molar-refractivity contribution in [3.63, 3.8) is 0 Å². The molecule has 0 N–H and O–H groups in total. The van der Waals surface area contributed by atoms with E-state index in [0.29, 0.717) is 5.92 Å². The molecule has 2 heteroatoms. The fraction of sp³-hybridized carbons (Fsp3) is 0.286. The van der Waals surface area contributed by atoms with Crippen LogP contribution in [0, 0.1) is 13.8 Å². The van der Waals surface area contributed by atoms with E-state index in [1.165, 1.54) is 16.7 Å². The Bertz CT molecular complexity index is 691. The molecular formula is C21H25NO. The van der Waals surface area contributed by atoms with E-state index in [1.54, 1.807) is 19.0 Å². The second-order valence-electron chi connectivity index (χ2n) is 6.39. The van der Waals surface area contributed by atoms with Crippen LogP contribution in [0.25, 0.3) is 6.08 Å². The number of hydrogen-bond donors (Lipinski definition) is 0. The first-order chi connectivity index (χ1) is 10.9. The summed E-state index contributed by atoms with van der Waals surface area (Å²) in [7, 11) is 3.53. The maximum Gasteiger partial charge on any atom is 0.253 e. The van der Waals surface area contributed by atoms with Crippen molar-refractivity contribution in [1.82, 2.24) is 4.90 Å². The van der Waals surface area contributed by atoms with Gasteiger partial charge in [-0.15, -0.1) is 0 Å². The van der Waals surface area contributed by atoms with Gasteiger partial charge >= 0.3 is 0 Å². The zero-order valence-electron chi connectivity index (χ0n) is 14.6. The van der Waals surface area contributed by atoms with Gasteiger partial charge in [-0.1, -0.05) is 60.5 Å². The van der Waals surface area contributed by atoms with Crippen LogP contribution in [0.15, 0.2) is 48.5 Å². The SMILES string of the molecule is Cc1cc(C)cc(C(C)/C=C/c2ccc(C(=O)N(C)C)cc2)c1. The largest absolute Gasteiger partial charge is 0.345 e. The Balaban J connectivity index is 2.11.